The fourth-order valence-corrected chi connectivity index (χ4v) is 3.59. The predicted molar refractivity (Wildman–Crippen MR) is 125 cm³/mol. The van der Waals surface area contributed by atoms with Crippen molar-refractivity contribution in [1.29, 1.82) is 10.5 Å². The molecule has 0 spiro atoms. The van der Waals surface area contributed by atoms with Gasteiger partial charge in [-0.2, -0.15) is 10.5 Å². The molecule has 0 fully saturated rings. The van der Waals surface area contributed by atoms with Crippen molar-refractivity contribution < 1.29 is 4.74 Å². The average molecular weight is 615 g/mol. The summed E-state index contributed by atoms with van der Waals surface area (Å²) in [7, 11) is 1.65. The summed E-state index contributed by atoms with van der Waals surface area (Å²) in [5.74, 6) is 0.798. The van der Waals surface area contributed by atoms with Crippen molar-refractivity contribution in [3.05, 3.63) is 95.7 Å². The Kier molecular flexibility index (Phi) is 8.10. The van der Waals surface area contributed by atoms with Crippen LogP contribution in [0.4, 0.5) is 11.4 Å². The Morgan fingerprint density at radius 2 is 1.66 bits per heavy atom. The molecule has 6 nitrogen and oxygen atoms in total. The van der Waals surface area contributed by atoms with Crippen LogP contribution in [0.2, 0.25) is 0 Å². The zero-order valence-corrected chi connectivity index (χ0v) is 20.9. The number of ether oxygens (including phenoxy) is 1. The van der Waals surface area contributed by atoms with E-state index in [9.17, 15) is 0 Å². The third-order valence-corrected chi connectivity index (χ3v) is 5.69. The number of hydrogen-bond acceptors (Lipinski definition) is 6. The molecule has 1 radical (unpaired) electrons. The van der Waals surface area contributed by atoms with Gasteiger partial charge in [-0.3, -0.25) is 0 Å². The molecule has 0 saturated heterocycles. The van der Waals surface area contributed by atoms with E-state index in [-0.39, 0.29) is 11.4 Å². The first-order valence-corrected chi connectivity index (χ1v) is 11.4. The Labute approximate surface area is 203 Å². The molecule has 0 aliphatic rings. The van der Waals surface area contributed by atoms with E-state index in [1.54, 1.807) is 7.11 Å². The number of nitrogens with zero attached hydrogens (tertiary/aromatic N) is 5. The minimum atomic E-state index is 0.0428. The molecule has 0 aliphatic heterocycles. The molecule has 1 heterocycles. The van der Waals surface area contributed by atoms with Crippen LogP contribution in [0, 0.1) is 22.7 Å². The van der Waals surface area contributed by atoms with Crippen LogP contribution < -0.4 is 12.9 Å². The van der Waals surface area contributed by atoms with Crippen LogP contribution in [0.15, 0.2) is 78.7 Å². The predicted octanol–water partition coefficient (Wildman–Crippen LogP) is 3.86. The molecule has 2 aromatic carbocycles. The number of anilines is 2. The molecule has 0 atom stereocenters. The number of nitriles is 2. The van der Waals surface area contributed by atoms with Crippen LogP contribution in [-0.2, 0) is 6.42 Å². The molecular weight excluding hydrogens is 595 g/mol. The average Bonchev–Trinajstić information content (AvgIpc) is 2.84. The van der Waals surface area contributed by atoms with Gasteiger partial charge in [-0.1, -0.05) is 0 Å². The van der Waals surface area contributed by atoms with Crippen LogP contribution in [0.25, 0.3) is 0 Å². The Morgan fingerprint density at radius 3 is 2.22 bits per heavy atom. The van der Waals surface area contributed by atoms with Crippen LogP contribution in [-0.4, -0.2) is 42.1 Å². The fourth-order valence-electron chi connectivity index (χ4n) is 3.06. The van der Waals surface area contributed by atoms with Crippen LogP contribution in [0.3, 0.4) is 0 Å². The van der Waals surface area contributed by atoms with Gasteiger partial charge in [-0.25, -0.2) is 0 Å². The molecule has 0 amide bonds. The monoisotopic (exact) mass is 615 g/mol. The number of hydrogen-bond donors (Lipinski definition) is 0. The standard InChI is InChI=1S/C25H20N5O.Po/c1-3-20(11-7-8-19-18-28-24(16-26)25(17-27)29-19)30(21-9-5-4-6-10-21)22-12-14-23(31-2)15-13-22;/h3,5-7,9-15,18H,8H2,1-2H3;/b11-7-,20-3+;. The van der Waals surface area contributed by atoms with Crippen molar-refractivity contribution in [3.63, 3.8) is 0 Å². The molecule has 1 aromatic heterocycles. The van der Waals surface area contributed by atoms with E-state index in [4.69, 9.17) is 15.3 Å². The molecular formula is C25H20N5OPo. The second kappa shape index (κ2) is 11.2. The summed E-state index contributed by atoms with van der Waals surface area (Å²) in [6.45, 7) is 1.99. The van der Waals surface area contributed by atoms with Crippen LogP contribution >= 0.6 is 0 Å². The van der Waals surface area contributed by atoms with Gasteiger partial charge in [0.15, 0.2) is 5.69 Å². The van der Waals surface area contributed by atoms with E-state index < -0.39 is 0 Å². The quantitative estimate of drug-likeness (QED) is 0.376. The first-order chi connectivity index (χ1) is 15.6. The summed E-state index contributed by atoms with van der Waals surface area (Å²) in [6.07, 6.45) is 8.04. The normalized spacial score (nSPS) is 11.1. The first kappa shape index (κ1) is 23.1. The van der Waals surface area contributed by atoms with Crippen molar-refractivity contribution in [1.82, 2.24) is 9.97 Å². The van der Waals surface area contributed by atoms with Crippen molar-refractivity contribution in [2.45, 2.75) is 13.3 Å². The molecule has 0 N–H and O–H groups in total. The molecule has 32 heavy (non-hydrogen) atoms. The maximum absolute atomic E-state index is 9.16. The van der Waals surface area contributed by atoms with E-state index in [0.717, 1.165) is 22.8 Å². The number of benzene rings is 2. The summed E-state index contributed by atoms with van der Waals surface area (Å²) in [5, 5.41) is 18.2. The van der Waals surface area contributed by atoms with Crippen molar-refractivity contribution in [2.75, 3.05) is 12.0 Å². The second-order valence-corrected chi connectivity index (χ2v) is 8.46. The van der Waals surface area contributed by atoms with Crippen LogP contribution in [0.1, 0.15) is 24.0 Å². The Morgan fingerprint density at radius 1 is 1.03 bits per heavy atom. The van der Waals surface area contributed by atoms with Crippen molar-refractivity contribution >= 4 is 39.7 Å². The zero-order valence-electron chi connectivity index (χ0n) is 17.7. The fraction of sp³-hybridized carbons (Fsp3) is 0.120. The Hall–Kier alpha value is -3.52. The first-order valence-electron chi connectivity index (χ1n) is 9.79. The van der Waals surface area contributed by atoms with Gasteiger partial charge >= 0.3 is 176 Å². The van der Waals surface area contributed by atoms with E-state index in [1.807, 2.05) is 61.6 Å². The molecule has 0 bridgehead atoms. The number of methoxy groups -OCH3 is 1. The molecule has 157 valence electrons. The molecule has 0 unspecified atom stereocenters. The Bertz CT molecular complexity index is 1220. The number of aromatic nitrogens is 2. The second-order valence-electron chi connectivity index (χ2n) is 6.63. The van der Waals surface area contributed by atoms with Gasteiger partial charge in [0.25, 0.3) is 0 Å². The SMILES string of the molecule is C/C=C(\C=C/Cc1cnc(C#N)c(C#N)n1)N(c1cc[c]([Po])cc1)c1ccc(OC)cc1. The van der Waals surface area contributed by atoms with Gasteiger partial charge < -0.3 is 0 Å². The summed E-state index contributed by atoms with van der Waals surface area (Å²) in [5.41, 5.74) is 3.75. The summed E-state index contributed by atoms with van der Waals surface area (Å²) in [6, 6.07) is 20.2. The molecule has 7 heteroatoms. The number of rotatable bonds is 7. The van der Waals surface area contributed by atoms with Gasteiger partial charge in [0.2, 0.25) is 0 Å². The van der Waals surface area contributed by atoms with Gasteiger partial charge in [-0.05, 0) is 0 Å². The number of allylic oxidation sites excluding steroid dienone is 3. The van der Waals surface area contributed by atoms with E-state index in [0.29, 0.717) is 12.1 Å². The Balaban J connectivity index is 1.91. The van der Waals surface area contributed by atoms with Crippen LogP contribution in [0.5, 0.6) is 5.75 Å². The summed E-state index contributed by atoms with van der Waals surface area (Å²) in [4.78, 5) is 10.4. The molecule has 0 saturated carbocycles. The zero-order chi connectivity index (χ0) is 22.9. The third-order valence-electron chi connectivity index (χ3n) is 4.63. The van der Waals surface area contributed by atoms with Crippen molar-refractivity contribution in [2.24, 2.45) is 0 Å². The van der Waals surface area contributed by atoms with Gasteiger partial charge in [0.05, 0.1) is 0 Å². The van der Waals surface area contributed by atoms with Gasteiger partial charge in [0.1, 0.15) is 12.1 Å². The molecule has 3 rings (SSSR count). The van der Waals surface area contributed by atoms with E-state index in [2.05, 4.69) is 39.1 Å². The topological polar surface area (TPSA) is 85.8 Å². The summed E-state index contributed by atoms with van der Waals surface area (Å²) >= 11 is 1.42. The summed E-state index contributed by atoms with van der Waals surface area (Å²) < 4.78 is 6.58. The maximum atomic E-state index is 9.16. The molecule has 3 aromatic rings. The minimum absolute atomic E-state index is 0.0428. The van der Waals surface area contributed by atoms with E-state index >= 15 is 0 Å². The molecule has 0 aliphatic carbocycles. The van der Waals surface area contributed by atoms with Gasteiger partial charge in [0, 0.05) is 0 Å². The van der Waals surface area contributed by atoms with Gasteiger partial charge in [-0.15, -0.1) is 0 Å². The van der Waals surface area contributed by atoms with E-state index in [1.165, 1.54) is 34.5 Å². The van der Waals surface area contributed by atoms with Crippen molar-refractivity contribution in [3.8, 4) is 17.9 Å². The third kappa shape index (κ3) is 5.58.